The van der Waals surface area contributed by atoms with Gasteiger partial charge in [0, 0.05) is 23.2 Å². The Balaban J connectivity index is 2.43. The number of hydrogen-bond donors (Lipinski definition) is 1. The number of hydrogen-bond acceptors (Lipinski definition) is 3. The van der Waals surface area contributed by atoms with Gasteiger partial charge in [-0.3, -0.25) is 9.00 Å². The van der Waals surface area contributed by atoms with Gasteiger partial charge in [0.25, 0.3) is 0 Å². The summed E-state index contributed by atoms with van der Waals surface area (Å²) in [6.45, 7) is 0. The van der Waals surface area contributed by atoms with Gasteiger partial charge in [-0.2, -0.15) is 0 Å². The summed E-state index contributed by atoms with van der Waals surface area (Å²) in [4.78, 5) is 10.4. The molecule has 0 aromatic rings. The van der Waals surface area contributed by atoms with Crippen molar-refractivity contribution >= 4 is 16.8 Å². The zero-order chi connectivity index (χ0) is 10.6. The molecule has 0 radical (unpaired) electrons. The predicted octanol–water partition coefficient (Wildman–Crippen LogP) is 0.777. The minimum Gasteiger partial charge on any atom is -0.481 e. The summed E-state index contributed by atoms with van der Waals surface area (Å²) in [5.41, 5.74) is 0. The Bertz CT molecular complexity index is 229. The molecule has 0 heterocycles. The van der Waals surface area contributed by atoms with E-state index in [-0.39, 0.29) is 17.1 Å². The first-order chi connectivity index (χ1) is 6.63. The molecule has 1 saturated carbocycles. The Morgan fingerprint density at radius 2 is 2.29 bits per heavy atom. The molecule has 0 aliphatic heterocycles. The van der Waals surface area contributed by atoms with Crippen LogP contribution in [0.2, 0.25) is 0 Å². The van der Waals surface area contributed by atoms with Crippen molar-refractivity contribution in [2.45, 2.75) is 37.0 Å². The molecule has 14 heavy (non-hydrogen) atoms. The average molecular weight is 220 g/mol. The average Bonchev–Trinajstić information content (AvgIpc) is 2.17. The van der Waals surface area contributed by atoms with Crippen LogP contribution >= 0.6 is 0 Å². The molecule has 3 unspecified atom stereocenters. The fraction of sp³-hybridized carbons (Fsp3) is 0.889. The number of carboxylic acid groups (broad SMARTS) is 1. The van der Waals surface area contributed by atoms with Crippen LogP contribution in [0.1, 0.15) is 25.7 Å². The fourth-order valence-electron chi connectivity index (χ4n) is 1.79. The SMILES string of the molecule is COC1CCCC(S(=O)CC(=O)O)C1. The Labute approximate surface area is 86.1 Å². The summed E-state index contributed by atoms with van der Waals surface area (Å²) in [5.74, 6) is -1.22. The van der Waals surface area contributed by atoms with E-state index in [4.69, 9.17) is 9.84 Å². The van der Waals surface area contributed by atoms with Gasteiger partial charge in [-0.05, 0) is 25.7 Å². The normalized spacial score (nSPS) is 29.8. The number of rotatable bonds is 4. The van der Waals surface area contributed by atoms with E-state index < -0.39 is 16.8 Å². The highest BCUT2D eigenvalue weighted by Gasteiger charge is 2.27. The van der Waals surface area contributed by atoms with Crippen molar-refractivity contribution in [2.24, 2.45) is 0 Å². The molecule has 0 saturated heterocycles. The number of ether oxygens (including phenoxy) is 1. The standard InChI is InChI=1S/C9H16O4S/c1-13-7-3-2-4-8(5-7)14(12)6-9(10)11/h7-8H,2-6H2,1H3,(H,10,11). The monoisotopic (exact) mass is 220 g/mol. The quantitative estimate of drug-likeness (QED) is 0.760. The van der Waals surface area contributed by atoms with E-state index in [9.17, 15) is 9.00 Å². The molecule has 1 N–H and O–H groups in total. The molecule has 0 amide bonds. The van der Waals surface area contributed by atoms with Crippen LogP contribution in [-0.2, 0) is 20.3 Å². The molecule has 3 atom stereocenters. The molecule has 1 aliphatic rings. The van der Waals surface area contributed by atoms with Crippen molar-refractivity contribution in [2.75, 3.05) is 12.9 Å². The zero-order valence-electron chi connectivity index (χ0n) is 8.27. The van der Waals surface area contributed by atoms with Crippen LogP contribution in [0.5, 0.6) is 0 Å². The van der Waals surface area contributed by atoms with E-state index in [0.29, 0.717) is 0 Å². The summed E-state index contributed by atoms with van der Waals surface area (Å²) in [5, 5.41) is 8.52. The topological polar surface area (TPSA) is 63.6 Å². The van der Waals surface area contributed by atoms with Crippen LogP contribution < -0.4 is 0 Å². The number of aliphatic carboxylic acids is 1. The first-order valence-corrected chi connectivity index (χ1v) is 6.13. The summed E-state index contributed by atoms with van der Waals surface area (Å²) < 4.78 is 16.7. The smallest absolute Gasteiger partial charge is 0.316 e. The van der Waals surface area contributed by atoms with Crippen molar-refractivity contribution in [1.82, 2.24) is 0 Å². The molecule has 1 aliphatic carbocycles. The lowest BCUT2D eigenvalue weighted by Gasteiger charge is -2.27. The van der Waals surface area contributed by atoms with Crippen molar-refractivity contribution in [3.63, 3.8) is 0 Å². The van der Waals surface area contributed by atoms with E-state index in [1.54, 1.807) is 7.11 Å². The Kier molecular flexibility index (Phi) is 4.54. The molecule has 1 fully saturated rings. The van der Waals surface area contributed by atoms with Crippen LogP contribution in [0.25, 0.3) is 0 Å². The van der Waals surface area contributed by atoms with Gasteiger partial charge in [0.15, 0.2) is 0 Å². The zero-order valence-corrected chi connectivity index (χ0v) is 9.09. The summed E-state index contributed by atoms with van der Waals surface area (Å²) in [6.07, 6.45) is 3.73. The Morgan fingerprint density at radius 1 is 1.57 bits per heavy atom. The molecule has 5 heteroatoms. The minimum atomic E-state index is -1.24. The highest BCUT2D eigenvalue weighted by Crippen LogP contribution is 2.24. The Morgan fingerprint density at radius 3 is 2.86 bits per heavy atom. The van der Waals surface area contributed by atoms with Crippen molar-refractivity contribution in [1.29, 1.82) is 0 Å². The van der Waals surface area contributed by atoms with E-state index in [1.165, 1.54) is 0 Å². The summed E-state index contributed by atoms with van der Waals surface area (Å²) in [7, 11) is 0.408. The second-order valence-electron chi connectivity index (χ2n) is 3.57. The Hall–Kier alpha value is -0.420. The molecule has 0 spiro atoms. The molecule has 0 bridgehead atoms. The lowest BCUT2D eigenvalue weighted by molar-refractivity contribution is -0.134. The van der Waals surface area contributed by atoms with Crippen LogP contribution in [0.3, 0.4) is 0 Å². The van der Waals surface area contributed by atoms with Gasteiger partial charge < -0.3 is 9.84 Å². The number of methoxy groups -OCH3 is 1. The highest BCUT2D eigenvalue weighted by atomic mass is 32.2. The van der Waals surface area contributed by atoms with Crippen molar-refractivity contribution in [3.8, 4) is 0 Å². The molecule has 0 aromatic carbocycles. The number of carboxylic acids is 1. The molecular formula is C9H16O4S. The van der Waals surface area contributed by atoms with Gasteiger partial charge in [0.05, 0.1) is 6.10 Å². The molecular weight excluding hydrogens is 204 g/mol. The van der Waals surface area contributed by atoms with E-state index in [2.05, 4.69) is 0 Å². The van der Waals surface area contributed by atoms with Gasteiger partial charge in [0.1, 0.15) is 5.75 Å². The number of carbonyl (C=O) groups is 1. The second-order valence-corrected chi connectivity index (χ2v) is 5.28. The van der Waals surface area contributed by atoms with Crippen LogP contribution in [0.15, 0.2) is 0 Å². The van der Waals surface area contributed by atoms with Crippen LogP contribution in [0, 0.1) is 0 Å². The fourth-order valence-corrected chi connectivity index (χ4v) is 3.13. The molecule has 0 aromatic heterocycles. The third-order valence-electron chi connectivity index (χ3n) is 2.55. The van der Waals surface area contributed by atoms with E-state index in [1.807, 2.05) is 0 Å². The van der Waals surface area contributed by atoms with Crippen LogP contribution in [-0.4, -0.2) is 39.5 Å². The molecule has 82 valence electrons. The van der Waals surface area contributed by atoms with Gasteiger partial charge in [-0.15, -0.1) is 0 Å². The minimum absolute atomic E-state index is 0.00444. The maximum absolute atomic E-state index is 11.5. The second kappa shape index (κ2) is 5.46. The maximum Gasteiger partial charge on any atom is 0.316 e. The van der Waals surface area contributed by atoms with Gasteiger partial charge >= 0.3 is 5.97 Å². The van der Waals surface area contributed by atoms with Crippen molar-refractivity contribution in [3.05, 3.63) is 0 Å². The van der Waals surface area contributed by atoms with E-state index in [0.717, 1.165) is 25.7 Å². The van der Waals surface area contributed by atoms with Gasteiger partial charge in [-0.25, -0.2) is 0 Å². The first kappa shape index (κ1) is 11.7. The lowest BCUT2D eigenvalue weighted by atomic mass is 9.97. The molecule has 1 rings (SSSR count). The first-order valence-electron chi connectivity index (χ1n) is 4.75. The third kappa shape index (κ3) is 3.38. The van der Waals surface area contributed by atoms with Gasteiger partial charge in [-0.1, -0.05) is 0 Å². The van der Waals surface area contributed by atoms with E-state index >= 15 is 0 Å². The van der Waals surface area contributed by atoms with Crippen molar-refractivity contribution < 1.29 is 18.8 Å². The largest absolute Gasteiger partial charge is 0.481 e. The molecule has 4 nitrogen and oxygen atoms in total. The van der Waals surface area contributed by atoms with Gasteiger partial charge in [0.2, 0.25) is 0 Å². The highest BCUT2D eigenvalue weighted by molar-refractivity contribution is 7.86. The third-order valence-corrected chi connectivity index (χ3v) is 4.25. The maximum atomic E-state index is 11.5. The predicted molar refractivity (Wildman–Crippen MR) is 53.7 cm³/mol. The summed E-state index contributed by atoms with van der Waals surface area (Å²) >= 11 is 0. The summed E-state index contributed by atoms with van der Waals surface area (Å²) in [6, 6.07) is 0. The lowest BCUT2D eigenvalue weighted by Crippen LogP contribution is -2.31. The van der Waals surface area contributed by atoms with Crippen LogP contribution in [0.4, 0.5) is 0 Å².